The number of nitrogens with zero attached hydrogens (tertiary/aromatic N) is 1. The zero-order valence-electron chi connectivity index (χ0n) is 5.64. The molecule has 0 saturated carbocycles. The highest BCUT2D eigenvalue weighted by molar-refractivity contribution is 5.18. The summed E-state index contributed by atoms with van der Waals surface area (Å²) in [6.45, 7) is 6.57. The van der Waals surface area contributed by atoms with Crippen molar-refractivity contribution in [2.75, 3.05) is 0 Å². The van der Waals surface area contributed by atoms with Crippen LogP contribution in [0, 0.1) is 18.2 Å². The Hall–Kier alpha value is -1.43. The van der Waals surface area contributed by atoms with Crippen LogP contribution < -0.4 is 0 Å². The van der Waals surface area contributed by atoms with Crippen molar-refractivity contribution >= 4 is 0 Å². The fraction of sp³-hybridized carbons (Fsp3) is 0.125. The molecule has 0 unspecified atom stereocenters. The van der Waals surface area contributed by atoms with Crippen LogP contribution in [0.5, 0.6) is 0 Å². The van der Waals surface area contributed by atoms with Gasteiger partial charge in [0.1, 0.15) is 0 Å². The molecular formula is C8H5F2N. The molecule has 0 spiro atoms. The van der Waals surface area contributed by atoms with Crippen molar-refractivity contribution in [2.24, 2.45) is 0 Å². The van der Waals surface area contributed by atoms with Crippen molar-refractivity contribution in [2.45, 2.75) is 6.54 Å². The van der Waals surface area contributed by atoms with E-state index in [1.807, 2.05) is 0 Å². The van der Waals surface area contributed by atoms with Crippen molar-refractivity contribution < 1.29 is 8.78 Å². The van der Waals surface area contributed by atoms with Gasteiger partial charge in [0.2, 0.25) is 6.54 Å². The fourth-order valence-electron chi connectivity index (χ4n) is 0.729. The van der Waals surface area contributed by atoms with Crippen molar-refractivity contribution in [3.05, 3.63) is 46.8 Å². The van der Waals surface area contributed by atoms with Gasteiger partial charge in [-0.3, -0.25) is 0 Å². The van der Waals surface area contributed by atoms with Crippen LogP contribution in [0.4, 0.5) is 8.78 Å². The van der Waals surface area contributed by atoms with Gasteiger partial charge >= 0.3 is 0 Å². The maximum atomic E-state index is 12.4. The molecule has 1 aromatic rings. The highest BCUT2D eigenvalue weighted by Gasteiger charge is 2.02. The molecule has 1 aromatic carbocycles. The van der Waals surface area contributed by atoms with Gasteiger partial charge in [-0.2, -0.15) is 0 Å². The quantitative estimate of drug-likeness (QED) is 0.545. The van der Waals surface area contributed by atoms with Gasteiger partial charge in [-0.1, -0.05) is 0 Å². The van der Waals surface area contributed by atoms with Crippen LogP contribution in [0.2, 0.25) is 0 Å². The third-order valence-electron chi connectivity index (χ3n) is 1.25. The normalized spacial score (nSPS) is 9.18. The molecule has 3 heteroatoms. The molecule has 0 aliphatic heterocycles. The zero-order chi connectivity index (χ0) is 8.27. The topological polar surface area (TPSA) is 4.36 Å². The average molecular weight is 153 g/mol. The third kappa shape index (κ3) is 1.74. The summed E-state index contributed by atoms with van der Waals surface area (Å²) < 4.78 is 24.7. The average Bonchev–Trinajstić information content (AvgIpc) is 1.98. The molecule has 0 atom stereocenters. The lowest BCUT2D eigenvalue weighted by Gasteiger charge is -1.92. The van der Waals surface area contributed by atoms with Crippen molar-refractivity contribution in [1.82, 2.24) is 0 Å². The summed E-state index contributed by atoms with van der Waals surface area (Å²) in [5.41, 5.74) is 0.499. The van der Waals surface area contributed by atoms with Gasteiger partial charge in [-0.25, -0.2) is 15.4 Å². The lowest BCUT2D eigenvalue weighted by Crippen LogP contribution is -1.86. The van der Waals surface area contributed by atoms with E-state index >= 15 is 0 Å². The number of halogens is 2. The Kier molecular flexibility index (Phi) is 2.17. The van der Waals surface area contributed by atoms with Gasteiger partial charge in [0.15, 0.2) is 11.6 Å². The highest BCUT2D eigenvalue weighted by Crippen LogP contribution is 2.08. The first-order valence-corrected chi connectivity index (χ1v) is 3.01. The first-order valence-electron chi connectivity index (χ1n) is 3.01. The van der Waals surface area contributed by atoms with Crippen LogP contribution >= 0.6 is 0 Å². The molecule has 0 saturated heterocycles. The predicted octanol–water partition coefficient (Wildman–Crippen LogP) is 2.38. The monoisotopic (exact) mass is 153 g/mol. The van der Waals surface area contributed by atoms with Crippen LogP contribution in [0.15, 0.2) is 18.2 Å². The number of rotatable bonds is 1. The Morgan fingerprint density at radius 1 is 1.27 bits per heavy atom. The number of benzene rings is 1. The van der Waals surface area contributed by atoms with Crippen LogP contribution in [0.1, 0.15) is 5.56 Å². The Bertz CT molecular complexity index is 301. The second-order valence-electron chi connectivity index (χ2n) is 2.06. The molecule has 1 nitrogen and oxygen atoms in total. The lowest BCUT2D eigenvalue weighted by atomic mass is 10.2. The van der Waals surface area contributed by atoms with Crippen LogP contribution in [0.25, 0.3) is 4.85 Å². The molecule has 0 N–H and O–H groups in total. The summed E-state index contributed by atoms with van der Waals surface area (Å²) in [5, 5.41) is 0. The van der Waals surface area contributed by atoms with Gasteiger partial charge in [0.25, 0.3) is 0 Å². The second kappa shape index (κ2) is 3.11. The van der Waals surface area contributed by atoms with E-state index in [0.29, 0.717) is 5.56 Å². The summed E-state index contributed by atoms with van der Waals surface area (Å²) >= 11 is 0. The maximum Gasteiger partial charge on any atom is 0.239 e. The second-order valence-corrected chi connectivity index (χ2v) is 2.06. The maximum absolute atomic E-state index is 12.4. The van der Waals surface area contributed by atoms with Gasteiger partial charge in [0, 0.05) is 5.56 Å². The van der Waals surface area contributed by atoms with Gasteiger partial charge < -0.3 is 4.85 Å². The minimum absolute atomic E-state index is 0.0944. The summed E-state index contributed by atoms with van der Waals surface area (Å²) in [6, 6.07) is 3.46. The van der Waals surface area contributed by atoms with E-state index in [1.54, 1.807) is 0 Å². The Labute approximate surface area is 63.1 Å². The SMILES string of the molecule is [C-]#[N+]Cc1ccc(F)c(F)c1. The lowest BCUT2D eigenvalue weighted by molar-refractivity contribution is 0.507. The van der Waals surface area contributed by atoms with Gasteiger partial charge in [-0.05, 0) is 18.2 Å². The van der Waals surface area contributed by atoms with Crippen molar-refractivity contribution in [3.63, 3.8) is 0 Å². The van der Waals surface area contributed by atoms with E-state index in [2.05, 4.69) is 4.85 Å². The van der Waals surface area contributed by atoms with Gasteiger partial charge in [-0.15, -0.1) is 0 Å². The fourth-order valence-corrected chi connectivity index (χ4v) is 0.729. The molecule has 0 fully saturated rings. The number of hydrogen-bond donors (Lipinski definition) is 0. The summed E-state index contributed by atoms with van der Waals surface area (Å²) in [6.07, 6.45) is 0. The Morgan fingerprint density at radius 2 is 2.00 bits per heavy atom. The summed E-state index contributed by atoms with van der Waals surface area (Å²) in [5.74, 6) is -1.77. The van der Waals surface area contributed by atoms with E-state index in [1.165, 1.54) is 6.07 Å². The van der Waals surface area contributed by atoms with Crippen molar-refractivity contribution in [1.29, 1.82) is 0 Å². The van der Waals surface area contributed by atoms with Crippen molar-refractivity contribution in [3.8, 4) is 0 Å². The van der Waals surface area contributed by atoms with Crippen LogP contribution in [0.3, 0.4) is 0 Å². The van der Waals surface area contributed by atoms with Gasteiger partial charge in [0.05, 0.1) is 0 Å². The Morgan fingerprint density at radius 3 is 2.55 bits per heavy atom. The molecule has 0 aromatic heterocycles. The molecule has 0 bridgehead atoms. The molecule has 0 aliphatic rings. The first kappa shape index (κ1) is 7.67. The number of hydrogen-bond acceptors (Lipinski definition) is 0. The minimum Gasteiger partial charge on any atom is -0.312 e. The molecule has 0 amide bonds. The smallest absolute Gasteiger partial charge is 0.239 e. The Balaban J connectivity index is 2.98. The predicted molar refractivity (Wildman–Crippen MR) is 36.7 cm³/mol. The van der Waals surface area contributed by atoms with E-state index in [0.717, 1.165) is 12.1 Å². The van der Waals surface area contributed by atoms with E-state index < -0.39 is 11.6 Å². The zero-order valence-corrected chi connectivity index (χ0v) is 5.64. The molecule has 56 valence electrons. The largest absolute Gasteiger partial charge is 0.312 e. The highest BCUT2D eigenvalue weighted by atomic mass is 19.2. The van der Waals surface area contributed by atoms with Crippen LogP contribution in [-0.2, 0) is 6.54 Å². The van der Waals surface area contributed by atoms with E-state index in [9.17, 15) is 8.78 Å². The molecule has 0 radical (unpaired) electrons. The molecule has 0 heterocycles. The first-order chi connectivity index (χ1) is 5.24. The molecule has 1 rings (SSSR count). The third-order valence-corrected chi connectivity index (χ3v) is 1.25. The standard InChI is InChI=1S/C8H5F2N/c1-11-5-6-2-3-7(9)8(10)4-6/h2-4H,5H2. The minimum atomic E-state index is -0.897. The molecular weight excluding hydrogens is 148 g/mol. The summed E-state index contributed by atoms with van der Waals surface area (Å²) in [4.78, 5) is 3.04. The van der Waals surface area contributed by atoms with Crippen LogP contribution in [-0.4, -0.2) is 0 Å². The summed E-state index contributed by atoms with van der Waals surface area (Å²) in [7, 11) is 0. The van der Waals surface area contributed by atoms with E-state index in [-0.39, 0.29) is 6.54 Å². The molecule has 11 heavy (non-hydrogen) atoms. The molecule has 0 aliphatic carbocycles. The van der Waals surface area contributed by atoms with E-state index in [4.69, 9.17) is 6.57 Å².